The SMILES string of the molecule is CC(CC(=O)O)c1cc(-c2ccccc2OCCCN(C)C)c(C#N)c(N)n1. The van der Waals surface area contributed by atoms with Gasteiger partial charge in [0.05, 0.1) is 13.0 Å². The molecule has 1 aromatic carbocycles. The lowest BCUT2D eigenvalue weighted by Gasteiger charge is -2.17. The fraction of sp³-hybridized carbons (Fsp3) is 0.381. The van der Waals surface area contributed by atoms with E-state index in [1.54, 1.807) is 13.0 Å². The van der Waals surface area contributed by atoms with E-state index in [4.69, 9.17) is 15.6 Å². The summed E-state index contributed by atoms with van der Waals surface area (Å²) in [6.45, 7) is 3.22. The molecule has 0 radical (unpaired) electrons. The van der Waals surface area contributed by atoms with Crippen molar-refractivity contribution in [3.8, 4) is 22.9 Å². The number of nitriles is 1. The summed E-state index contributed by atoms with van der Waals surface area (Å²) in [4.78, 5) is 17.4. The molecule has 0 saturated heterocycles. The number of ether oxygens (including phenoxy) is 1. The summed E-state index contributed by atoms with van der Waals surface area (Å²) in [6, 6.07) is 11.3. The van der Waals surface area contributed by atoms with Gasteiger partial charge in [0.1, 0.15) is 23.2 Å². The van der Waals surface area contributed by atoms with E-state index in [1.165, 1.54) is 0 Å². The molecule has 0 aliphatic heterocycles. The molecule has 7 heteroatoms. The van der Waals surface area contributed by atoms with Crippen LogP contribution in [0.25, 0.3) is 11.1 Å². The summed E-state index contributed by atoms with van der Waals surface area (Å²) in [5.74, 6) is -0.502. The third kappa shape index (κ3) is 5.44. The first-order valence-electron chi connectivity index (χ1n) is 9.12. The van der Waals surface area contributed by atoms with Crippen LogP contribution >= 0.6 is 0 Å². The number of carboxylic acid groups (broad SMARTS) is 1. The van der Waals surface area contributed by atoms with E-state index in [1.807, 2.05) is 38.4 Å². The number of nitrogen functional groups attached to an aromatic ring is 1. The van der Waals surface area contributed by atoms with Gasteiger partial charge in [0, 0.05) is 29.3 Å². The normalized spacial score (nSPS) is 11.8. The largest absolute Gasteiger partial charge is 0.493 e. The second-order valence-corrected chi connectivity index (χ2v) is 6.97. The van der Waals surface area contributed by atoms with Crippen molar-refractivity contribution in [3.05, 3.63) is 41.6 Å². The average molecular weight is 382 g/mol. The Kier molecular flexibility index (Phi) is 7.36. The van der Waals surface area contributed by atoms with Gasteiger partial charge < -0.3 is 20.5 Å². The van der Waals surface area contributed by atoms with Gasteiger partial charge in [0.2, 0.25) is 0 Å². The number of nitrogens with two attached hydrogens (primary N) is 1. The van der Waals surface area contributed by atoms with Crippen LogP contribution in [-0.2, 0) is 4.79 Å². The van der Waals surface area contributed by atoms with Crippen LogP contribution in [0.3, 0.4) is 0 Å². The predicted molar refractivity (Wildman–Crippen MR) is 108 cm³/mol. The van der Waals surface area contributed by atoms with Gasteiger partial charge in [0.25, 0.3) is 0 Å². The van der Waals surface area contributed by atoms with Crippen LogP contribution in [0.1, 0.15) is 36.9 Å². The van der Waals surface area contributed by atoms with E-state index in [9.17, 15) is 10.1 Å². The molecule has 2 rings (SSSR count). The Bertz CT molecular complexity index is 874. The Balaban J connectivity index is 2.42. The first-order chi connectivity index (χ1) is 13.3. The second-order valence-electron chi connectivity index (χ2n) is 6.97. The van der Waals surface area contributed by atoms with Gasteiger partial charge >= 0.3 is 5.97 Å². The molecular weight excluding hydrogens is 356 g/mol. The fourth-order valence-electron chi connectivity index (χ4n) is 2.91. The lowest BCUT2D eigenvalue weighted by Crippen LogP contribution is -2.15. The summed E-state index contributed by atoms with van der Waals surface area (Å²) in [7, 11) is 4.01. The van der Waals surface area contributed by atoms with Gasteiger partial charge in [-0.05, 0) is 32.6 Å². The molecule has 0 bridgehead atoms. The third-order valence-electron chi connectivity index (χ3n) is 4.35. The van der Waals surface area contributed by atoms with E-state index < -0.39 is 5.97 Å². The Morgan fingerprint density at radius 1 is 1.36 bits per heavy atom. The molecule has 0 aliphatic carbocycles. The Morgan fingerprint density at radius 2 is 2.07 bits per heavy atom. The summed E-state index contributed by atoms with van der Waals surface area (Å²) in [6.07, 6.45) is 0.798. The molecule has 0 aliphatic rings. The summed E-state index contributed by atoms with van der Waals surface area (Å²) >= 11 is 0. The van der Waals surface area contributed by atoms with E-state index in [-0.39, 0.29) is 23.7 Å². The summed E-state index contributed by atoms with van der Waals surface area (Å²) in [5.41, 5.74) is 8.15. The highest BCUT2D eigenvalue weighted by Gasteiger charge is 2.19. The number of hydrogen-bond acceptors (Lipinski definition) is 6. The van der Waals surface area contributed by atoms with E-state index in [0.717, 1.165) is 18.5 Å². The number of benzene rings is 1. The van der Waals surface area contributed by atoms with Crippen LogP contribution < -0.4 is 10.5 Å². The first kappa shape index (κ1) is 21.2. The van der Waals surface area contributed by atoms with E-state index >= 15 is 0 Å². The van der Waals surface area contributed by atoms with Gasteiger partial charge in [0.15, 0.2) is 0 Å². The zero-order valence-electron chi connectivity index (χ0n) is 16.5. The minimum absolute atomic E-state index is 0.0690. The van der Waals surface area contributed by atoms with Crippen molar-refractivity contribution < 1.29 is 14.6 Å². The predicted octanol–water partition coefficient (Wildman–Crippen LogP) is 3.11. The maximum absolute atomic E-state index is 11.1. The molecule has 0 saturated carbocycles. The molecule has 1 aromatic heterocycles. The molecule has 0 amide bonds. The molecule has 3 N–H and O–H groups in total. The minimum Gasteiger partial charge on any atom is -0.493 e. The Labute approximate surface area is 165 Å². The fourth-order valence-corrected chi connectivity index (χ4v) is 2.91. The molecule has 1 atom stereocenters. The van der Waals surface area contributed by atoms with Crippen molar-refractivity contribution in [2.24, 2.45) is 0 Å². The Hall–Kier alpha value is -3.11. The number of anilines is 1. The lowest BCUT2D eigenvalue weighted by atomic mass is 9.95. The van der Waals surface area contributed by atoms with Gasteiger partial charge in [-0.15, -0.1) is 0 Å². The summed E-state index contributed by atoms with van der Waals surface area (Å²) < 4.78 is 5.95. The van der Waals surface area contributed by atoms with Crippen molar-refractivity contribution in [2.45, 2.75) is 25.7 Å². The highest BCUT2D eigenvalue weighted by molar-refractivity contribution is 5.80. The third-order valence-corrected chi connectivity index (χ3v) is 4.35. The molecule has 28 heavy (non-hydrogen) atoms. The van der Waals surface area contributed by atoms with Crippen molar-refractivity contribution in [1.82, 2.24) is 9.88 Å². The zero-order chi connectivity index (χ0) is 20.7. The van der Waals surface area contributed by atoms with Crippen molar-refractivity contribution in [1.29, 1.82) is 5.26 Å². The quantitative estimate of drug-likeness (QED) is 0.641. The first-order valence-corrected chi connectivity index (χ1v) is 9.12. The molecule has 2 aromatic rings. The maximum atomic E-state index is 11.1. The number of carboxylic acids is 1. The molecule has 148 valence electrons. The van der Waals surface area contributed by atoms with Crippen molar-refractivity contribution >= 4 is 11.8 Å². The molecule has 0 spiro atoms. The number of para-hydroxylation sites is 1. The van der Waals surface area contributed by atoms with Crippen LogP contribution in [0.4, 0.5) is 5.82 Å². The summed E-state index contributed by atoms with van der Waals surface area (Å²) in [5, 5.41) is 18.7. The number of hydrogen-bond donors (Lipinski definition) is 2. The van der Waals surface area contributed by atoms with Crippen LogP contribution in [0, 0.1) is 11.3 Å². The van der Waals surface area contributed by atoms with Gasteiger partial charge in [-0.1, -0.05) is 25.1 Å². The smallest absolute Gasteiger partial charge is 0.304 e. The topological polar surface area (TPSA) is 112 Å². The minimum atomic E-state index is -0.914. The monoisotopic (exact) mass is 382 g/mol. The van der Waals surface area contributed by atoms with Crippen molar-refractivity contribution in [3.63, 3.8) is 0 Å². The van der Waals surface area contributed by atoms with Gasteiger partial charge in [-0.25, -0.2) is 4.98 Å². The van der Waals surface area contributed by atoms with Crippen LogP contribution in [0.5, 0.6) is 5.75 Å². The molecule has 1 heterocycles. The van der Waals surface area contributed by atoms with E-state index in [0.29, 0.717) is 23.6 Å². The number of carbonyl (C=O) groups is 1. The maximum Gasteiger partial charge on any atom is 0.304 e. The Morgan fingerprint density at radius 3 is 2.71 bits per heavy atom. The second kappa shape index (κ2) is 9.72. The standard InChI is InChI=1S/C21H26N4O3/c1-14(11-20(26)27)18-12-16(17(13-22)21(23)24-18)15-7-4-5-8-19(15)28-10-6-9-25(2)3/h4-5,7-8,12,14H,6,9-11H2,1-3H3,(H2,23,24)(H,26,27). The van der Waals surface area contributed by atoms with E-state index in [2.05, 4.69) is 16.0 Å². The number of pyridine rings is 1. The van der Waals surface area contributed by atoms with Crippen molar-refractivity contribution in [2.75, 3.05) is 33.0 Å². The molecule has 7 nitrogen and oxygen atoms in total. The van der Waals surface area contributed by atoms with Crippen LogP contribution in [0.2, 0.25) is 0 Å². The molecule has 0 fully saturated rings. The number of nitrogens with zero attached hydrogens (tertiary/aromatic N) is 3. The number of aromatic nitrogens is 1. The molecular formula is C21H26N4O3. The molecule has 1 unspecified atom stereocenters. The van der Waals surface area contributed by atoms with Gasteiger partial charge in [-0.2, -0.15) is 5.26 Å². The highest BCUT2D eigenvalue weighted by Crippen LogP contribution is 2.36. The lowest BCUT2D eigenvalue weighted by molar-refractivity contribution is -0.137. The zero-order valence-corrected chi connectivity index (χ0v) is 16.5. The van der Waals surface area contributed by atoms with Gasteiger partial charge in [-0.3, -0.25) is 4.79 Å². The number of aliphatic carboxylic acids is 1. The number of rotatable bonds is 9. The van der Waals surface area contributed by atoms with Crippen LogP contribution in [-0.4, -0.2) is 48.2 Å². The highest BCUT2D eigenvalue weighted by atomic mass is 16.5. The average Bonchev–Trinajstić information content (AvgIpc) is 2.64. The van der Waals surface area contributed by atoms with Crippen LogP contribution in [0.15, 0.2) is 30.3 Å².